The van der Waals surface area contributed by atoms with Crippen LogP contribution in [0.25, 0.3) is 0 Å². The molecule has 3 unspecified atom stereocenters. The summed E-state index contributed by atoms with van der Waals surface area (Å²) in [6, 6.07) is 0.444. The second-order valence-corrected chi connectivity index (χ2v) is 3.68. The van der Waals surface area contributed by atoms with Gasteiger partial charge in [0.25, 0.3) is 0 Å². The Balaban J connectivity index is 3.83. The normalized spacial score (nSPS) is 17.8. The van der Waals surface area contributed by atoms with Crippen LogP contribution in [0.2, 0.25) is 0 Å². The maximum Gasteiger partial charge on any atom is 0.0784 e. The number of ether oxygens (including phenoxy) is 2. The van der Waals surface area contributed by atoms with Gasteiger partial charge < -0.3 is 14.8 Å². The largest absolute Gasteiger partial charge is 0.382 e. The maximum atomic E-state index is 5.81. The topological polar surface area (TPSA) is 30.5 Å². The lowest BCUT2D eigenvalue weighted by molar-refractivity contribution is -0.0453. The van der Waals surface area contributed by atoms with Crippen molar-refractivity contribution in [3.05, 3.63) is 0 Å². The Morgan fingerprint density at radius 3 is 2.29 bits per heavy atom. The molecule has 0 amide bonds. The summed E-state index contributed by atoms with van der Waals surface area (Å²) < 4.78 is 10.8. The quantitative estimate of drug-likeness (QED) is 0.652. The highest BCUT2D eigenvalue weighted by atomic mass is 16.5. The first-order valence-corrected chi connectivity index (χ1v) is 5.53. The SMILES string of the molecule is CCNC(CC)C(C)OC(C)COC. The van der Waals surface area contributed by atoms with E-state index in [0.29, 0.717) is 12.6 Å². The number of likely N-dealkylation sites (N-methyl/N-ethyl adjacent to an activating group) is 1. The fourth-order valence-electron chi connectivity index (χ4n) is 1.64. The van der Waals surface area contributed by atoms with E-state index in [2.05, 4.69) is 26.1 Å². The van der Waals surface area contributed by atoms with Gasteiger partial charge in [-0.25, -0.2) is 0 Å². The van der Waals surface area contributed by atoms with Gasteiger partial charge in [-0.2, -0.15) is 0 Å². The van der Waals surface area contributed by atoms with Gasteiger partial charge in [0.05, 0.1) is 18.8 Å². The Morgan fingerprint density at radius 1 is 1.21 bits per heavy atom. The van der Waals surface area contributed by atoms with Crippen molar-refractivity contribution in [1.82, 2.24) is 5.32 Å². The van der Waals surface area contributed by atoms with Crippen molar-refractivity contribution in [1.29, 1.82) is 0 Å². The van der Waals surface area contributed by atoms with Crippen molar-refractivity contribution in [2.24, 2.45) is 0 Å². The van der Waals surface area contributed by atoms with Crippen molar-refractivity contribution in [3.63, 3.8) is 0 Å². The predicted octanol–water partition coefficient (Wildman–Crippen LogP) is 1.81. The summed E-state index contributed by atoms with van der Waals surface area (Å²) in [6.07, 6.45) is 1.50. The van der Waals surface area contributed by atoms with Gasteiger partial charge in [0.1, 0.15) is 0 Å². The van der Waals surface area contributed by atoms with E-state index in [9.17, 15) is 0 Å². The number of hydrogen-bond donors (Lipinski definition) is 1. The number of methoxy groups -OCH3 is 1. The molecule has 0 aliphatic carbocycles. The third kappa shape index (κ3) is 5.58. The van der Waals surface area contributed by atoms with Crippen molar-refractivity contribution < 1.29 is 9.47 Å². The molecule has 0 aromatic carbocycles. The molecule has 0 heterocycles. The molecule has 0 radical (unpaired) electrons. The molecule has 0 rings (SSSR count). The third-order valence-electron chi connectivity index (χ3n) is 2.32. The van der Waals surface area contributed by atoms with Crippen LogP contribution >= 0.6 is 0 Å². The lowest BCUT2D eigenvalue weighted by atomic mass is 10.1. The molecule has 0 aliphatic heterocycles. The van der Waals surface area contributed by atoms with Gasteiger partial charge in [-0.1, -0.05) is 13.8 Å². The van der Waals surface area contributed by atoms with Crippen molar-refractivity contribution >= 4 is 0 Å². The highest BCUT2D eigenvalue weighted by molar-refractivity contribution is 4.72. The molecule has 0 aliphatic rings. The molecule has 0 saturated heterocycles. The minimum Gasteiger partial charge on any atom is -0.382 e. The Labute approximate surface area is 88.2 Å². The van der Waals surface area contributed by atoms with Crippen LogP contribution in [0.3, 0.4) is 0 Å². The van der Waals surface area contributed by atoms with E-state index in [1.165, 1.54) is 0 Å². The number of rotatable bonds is 8. The van der Waals surface area contributed by atoms with E-state index in [1.54, 1.807) is 7.11 Å². The first-order chi connectivity index (χ1) is 6.65. The molecule has 3 heteroatoms. The lowest BCUT2D eigenvalue weighted by Crippen LogP contribution is -2.41. The molecule has 14 heavy (non-hydrogen) atoms. The fraction of sp³-hybridized carbons (Fsp3) is 1.00. The van der Waals surface area contributed by atoms with Crippen LogP contribution < -0.4 is 5.32 Å². The summed E-state index contributed by atoms with van der Waals surface area (Å²) in [5.74, 6) is 0. The molecule has 1 N–H and O–H groups in total. The van der Waals surface area contributed by atoms with E-state index >= 15 is 0 Å². The zero-order valence-corrected chi connectivity index (χ0v) is 10.2. The fourth-order valence-corrected chi connectivity index (χ4v) is 1.64. The average Bonchev–Trinajstić information content (AvgIpc) is 2.14. The Hall–Kier alpha value is -0.120. The second kappa shape index (κ2) is 8.21. The highest BCUT2D eigenvalue weighted by Crippen LogP contribution is 2.06. The minimum absolute atomic E-state index is 0.169. The number of nitrogens with one attached hydrogen (secondary N) is 1. The molecule has 86 valence electrons. The third-order valence-corrected chi connectivity index (χ3v) is 2.32. The van der Waals surface area contributed by atoms with Gasteiger partial charge in [0.2, 0.25) is 0 Å². The molecule has 0 spiro atoms. The Morgan fingerprint density at radius 2 is 1.86 bits per heavy atom. The summed E-state index contributed by atoms with van der Waals surface area (Å²) in [4.78, 5) is 0. The summed E-state index contributed by atoms with van der Waals surface area (Å²) in [5, 5.41) is 3.41. The average molecular weight is 203 g/mol. The summed E-state index contributed by atoms with van der Waals surface area (Å²) >= 11 is 0. The van der Waals surface area contributed by atoms with Crippen molar-refractivity contribution in [3.8, 4) is 0 Å². The van der Waals surface area contributed by atoms with Crippen molar-refractivity contribution in [2.75, 3.05) is 20.3 Å². The lowest BCUT2D eigenvalue weighted by Gasteiger charge is -2.26. The van der Waals surface area contributed by atoms with Crippen LogP contribution in [0.5, 0.6) is 0 Å². The molecule has 0 saturated carbocycles. The van der Waals surface area contributed by atoms with Crippen LogP contribution in [-0.4, -0.2) is 38.5 Å². The van der Waals surface area contributed by atoms with Crippen LogP contribution in [0.4, 0.5) is 0 Å². The molecular weight excluding hydrogens is 178 g/mol. The van der Waals surface area contributed by atoms with Gasteiger partial charge in [-0.15, -0.1) is 0 Å². The van der Waals surface area contributed by atoms with Gasteiger partial charge >= 0.3 is 0 Å². The summed E-state index contributed by atoms with van der Waals surface area (Å²) in [6.45, 7) is 10.1. The highest BCUT2D eigenvalue weighted by Gasteiger charge is 2.17. The van der Waals surface area contributed by atoms with E-state index in [4.69, 9.17) is 9.47 Å². The molecular formula is C11H25NO2. The second-order valence-electron chi connectivity index (χ2n) is 3.68. The van der Waals surface area contributed by atoms with E-state index < -0.39 is 0 Å². The van der Waals surface area contributed by atoms with Crippen LogP contribution in [-0.2, 0) is 9.47 Å². The first-order valence-electron chi connectivity index (χ1n) is 5.53. The molecule has 3 nitrogen and oxygen atoms in total. The first kappa shape index (κ1) is 13.9. The van der Waals surface area contributed by atoms with Crippen LogP contribution in [0.1, 0.15) is 34.1 Å². The van der Waals surface area contributed by atoms with Crippen LogP contribution in [0.15, 0.2) is 0 Å². The zero-order chi connectivity index (χ0) is 11.0. The summed E-state index contributed by atoms with van der Waals surface area (Å²) in [5.41, 5.74) is 0. The Kier molecular flexibility index (Phi) is 8.14. The van der Waals surface area contributed by atoms with E-state index in [-0.39, 0.29) is 12.2 Å². The van der Waals surface area contributed by atoms with Gasteiger partial charge in [0.15, 0.2) is 0 Å². The van der Waals surface area contributed by atoms with Gasteiger partial charge in [-0.3, -0.25) is 0 Å². The number of hydrogen-bond acceptors (Lipinski definition) is 3. The van der Waals surface area contributed by atoms with Crippen molar-refractivity contribution in [2.45, 2.75) is 52.4 Å². The van der Waals surface area contributed by atoms with E-state index in [0.717, 1.165) is 13.0 Å². The zero-order valence-electron chi connectivity index (χ0n) is 10.2. The standard InChI is InChI=1S/C11H25NO2/c1-6-11(12-7-2)10(4)14-9(3)8-13-5/h9-12H,6-8H2,1-5H3. The molecule has 3 atom stereocenters. The minimum atomic E-state index is 0.169. The smallest absolute Gasteiger partial charge is 0.0784 e. The van der Waals surface area contributed by atoms with Gasteiger partial charge in [0, 0.05) is 13.2 Å². The predicted molar refractivity (Wildman–Crippen MR) is 59.6 cm³/mol. The van der Waals surface area contributed by atoms with Crippen LogP contribution in [0, 0.1) is 0 Å². The summed E-state index contributed by atoms with van der Waals surface area (Å²) in [7, 11) is 1.70. The maximum absolute atomic E-state index is 5.81. The molecule has 0 aromatic heterocycles. The van der Waals surface area contributed by atoms with E-state index in [1.807, 2.05) is 6.92 Å². The molecule has 0 bridgehead atoms. The van der Waals surface area contributed by atoms with Gasteiger partial charge in [-0.05, 0) is 26.8 Å². The monoisotopic (exact) mass is 203 g/mol. The molecule has 0 fully saturated rings. The Bertz CT molecular complexity index is 130. The molecule has 0 aromatic rings.